The van der Waals surface area contributed by atoms with Crippen LogP contribution in [0.3, 0.4) is 0 Å². The van der Waals surface area contributed by atoms with Crippen molar-refractivity contribution >= 4 is 5.69 Å². The van der Waals surface area contributed by atoms with Gasteiger partial charge in [0.25, 0.3) is 0 Å². The second-order valence-corrected chi connectivity index (χ2v) is 5.25. The van der Waals surface area contributed by atoms with Gasteiger partial charge in [-0.1, -0.05) is 36.4 Å². The summed E-state index contributed by atoms with van der Waals surface area (Å²) in [7, 11) is 0. The summed E-state index contributed by atoms with van der Waals surface area (Å²) in [6.07, 6.45) is 0.946. The summed E-state index contributed by atoms with van der Waals surface area (Å²) < 4.78 is 0. The van der Waals surface area contributed by atoms with Crippen LogP contribution < -0.4 is 4.90 Å². The zero-order valence-corrected chi connectivity index (χ0v) is 11.9. The van der Waals surface area contributed by atoms with E-state index in [0.29, 0.717) is 5.56 Å². The maximum absolute atomic E-state index is 9.68. The zero-order chi connectivity index (χ0) is 14.8. The molecule has 1 atom stereocenters. The monoisotopic (exact) mass is 273 g/mol. The molecule has 3 heteroatoms. The third-order valence-corrected chi connectivity index (χ3v) is 4.07. The third-order valence-electron chi connectivity index (χ3n) is 4.07. The molecule has 0 unspecified atom stereocenters. The number of aryl methyl sites for hydroxylation is 1. The summed E-state index contributed by atoms with van der Waals surface area (Å²) in [5, 5.41) is 19.1. The van der Waals surface area contributed by atoms with Crippen LogP contribution in [-0.4, -0.2) is 6.54 Å². The molecular formula is C18H15N3. The van der Waals surface area contributed by atoms with E-state index in [1.54, 1.807) is 0 Å². The summed E-state index contributed by atoms with van der Waals surface area (Å²) in [5.74, 6) is 0. The van der Waals surface area contributed by atoms with Crippen LogP contribution in [0.15, 0.2) is 42.5 Å². The predicted octanol–water partition coefficient (Wildman–Crippen LogP) is 3.49. The van der Waals surface area contributed by atoms with Gasteiger partial charge in [0.05, 0.1) is 17.7 Å². The van der Waals surface area contributed by atoms with E-state index < -0.39 is 6.04 Å². The number of fused-ring (bicyclic) bond motifs is 1. The van der Waals surface area contributed by atoms with E-state index in [9.17, 15) is 10.5 Å². The molecule has 3 rings (SSSR count). The zero-order valence-electron chi connectivity index (χ0n) is 11.9. The molecule has 21 heavy (non-hydrogen) atoms. The van der Waals surface area contributed by atoms with Crippen molar-refractivity contribution in [2.24, 2.45) is 0 Å². The molecule has 0 N–H and O–H groups in total. The number of para-hydroxylation sites is 1. The lowest BCUT2D eigenvalue weighted by atomic mass is 9.96. The van der Waals surface area contributed by atoms with Crippen LogP contribution in [-0.2, 0) is 6.42 Å². The smallest absolute Gasteiger partial charge is 0.144 e. The van der Waals surface area contributed by atoms with E-state index in [1.165, 1.54) is 5.56 Å². The number of nitriles is 2. The summed E-state index contributed by atoms with van der Waals surface area (Å²) in [4.78, 5) is 2.10. The first-order valence-corrected chi connectivity index (χ1v) is 7.00. The van der Waals surface area contributed by atoms with E-state index in [4.69, 9.17) is 0 Å². The Bertz CT molecular complexity index is 765. The van der Waals surface area contributed by atoms with Crippen molar-refractivity contribution in [2.45, 2.75) is 19.4 Å². The molecule has 1 heterocycles. The van der Waals surface area contributed by atoms with Gasteiger partial charge in [-0.25, -0.2) is 0 Å². The largest absolute Gasteiger partial charge is 0.351 e. The van der Waals surface area contributed by atoms with E-state index in [2.05, 4.69) is 29.2 Å². The molecule has 0 saturated carbocycles. The second kappa shape index (κ2) is 5.31. The Morgan fingerprint density at radius 1 is 1.10 bits per heavy atom. The predicted molar refractivity (Wildman–Crippen MR) is 81.7 cm³/mol. The molecule has 0 aliphatic carbocycles. The van der Waals surface area contributed by atoms with E-state index >= 15 is 0 Å². The Morgan fingerprint density at radius 2 is 1.90 bits per heavy atom. The minimum absolute atomic E-state index is 0.414. The van der Waals surface area contributed by atoms with Crippen molar-refractivity contribution in [3.8, 4) is 12.1 Å². The SMILES string of the molecule is Cc1cccc([C@@H](C#N)N2CCc3ccccc32)c1C#N. The average Bonchev–Trinajstić information content (AvgIpc) is 2.93. The van der Waals surface area contributed by atoms with Crippen LogP contribution >= 0.6 is 0 Å². The molecule has 2 aromatic rings. The lowest BCUT2D eigenvalue weighted by molar-refractivity contribution is 0.761. The van der Waals surface area contributed by atoms with Gasteiger partial charge in [0.15, 0.2) is 0 Å². The van der Waals surface area contributed by atoms with Crippen LogP contribution in [0.5, 0.6) is 0 Å². The van der Waals surface area contributed by atoms with Crippen molar-refractivity contribution in [3.05, 3.63) is 64.7 Å². The van der Waals surface area contributed by atoms with E-state index in [1.807, 2.05) is 37.3 Å². The van der Waals surface area contributed by atoms with Gasteiger partial charge < -0.3 is 4.90 Å². The summed E-state index contributed by atoms with van der Waals surface area (Å²) in [6.45, 7) is 2.73. The van der Waals surface area contributed by atoms with Gasteiger partial charge in [-0.3, -0.25) is 0 Å². The summed E-state index contributed by atoms with van der Waals surface area (Å²) in [6, 6.07) is 18.1. The molecule has 0 saturated heterocycles. The van der Waals surface area contributed by atoms with Gasteiger partial charge in [-0.05, 0) is 30.5 Å². The van der Waals surface area contributed by atoms with Crippen molar-refractivity contribution in [1.29, 1.82) is 10.5 Å². The molecule has 0 aromatic heterocycles. The van der Waals surface area contributed by atoms with Gasteiger partial charge in [0.2, 0.25) is 0 Å². The molecule has 1 aliphatic rings. The van der Waals surface area contributed by atoms with Crippen molar-refractivity contribution < 1.29 is 0 Å². The standard InChI is InChI=1S/C18H15N3/c1-13-5-4-7-15(16(13)11-19)18(12-20)21-10-9-14-6-2-3-8-17(14)21/h2-8,18H,9-10H2,1H3/t18-/m1/s1. The fourth-order valence-corrected chi connectivity index (χ4v) is 3.01. The highest BCUT2D eigenvalue weighted by atomic mass is 15.2. The van der Waals surface area contributed by atoms with Crippen LogP contribution in [0.1, 0.15) is 28.3 Å². The molecule has 0 bridgehead atoms. The Kier molecular flexibility index (Phi) is 3.34. The third kappa shape index (κ3) is 2.14. The van der Waals surface area contributed by atoms with Crippen molar-refractivity contribution in [2.75, 3.05) is 11.4 Å². The first-order chi connectivity index (χ1) is 10.3. The molecular weight excluding hydrogens is 258 g/mol. The number of anilines is 1. The molecule has 0 amide bonds. The average molecular weight is 273 g/mol. The number of benzene rings is 2. The van der Waals surface area contributed by atoms with Crippen molar-refractivity contribution in [3.63, 3.8) is 0 Å². The highest BCUT2D eigenvalue weighted by Crippen LogP contribution is 2.36. The minimum atomic E-state index is -0.414. The lowest BCUT2D eigenvalue weighted by Crippen LogP contribution is -2.26. The molecule has 0 spiro atoms. The lowest BCUT2D eigenvalue weighted by Gasteiger charge is -2.26. The van der Waals surface area contributed by atoms with Crippen molar-refractivity contribution in [1.82, 2.24) is 0 Å². The quantitative estimate of drug-likeness (QED) is 0.841. The van der Waals surface area contributed by atoms with Crippen LogP contribution in [0, 0.1) is 29.6 Å². The van der Waals surface area contributed by atoms with Gasteiger partial charge in [-0.15, -0.1) is 0 Å². The molecule has 3 nitrogen and oxygen atoms in total. The van der Waals surface area contributed by atoms with E-state index in [0.717, 1.165) is 29.8 Å². The van der Waals surface area contributed by atoms with Gasteiger partial charge in [-0.2, -0.15) is 10.5 Å². The first kappa shape index (κ1) is 13.2. The Hall–Kier alpha value is -2.78. The highest BCUT2D eigenvalue weighted by Gasteiger charge is 2.28. The summed E-state index contributed by atoms with van der Waals surface area (Å²) in [5.41, 5.74) is 4.71. The second-order valence-electron chi connectivity index (χ2n) is 5.25. The molecule has 2 aromatic carbocycles. The first-order valence-electron chi connectivity index (χ1n) is 7.00. The van der Waals surface area contributed by atoms with Crippen LogP contribution in [0.25, 0.3) is 0 Å². The number of rotatable bonds is 2. The highest BCUT2D eigenvalue weighted by molar-refractivity contribution is 5.62. The van der Waals surface area contributed by atoms with Crippen LogP contribution in [0.4, 0.5) is 5.69 Å². The Morgan fingerprint density at radius 3 is 2.67 bits per heavy atom. The molecule has 1 aliphatic heterocycles. The van der Waals surface area contributed by atoms with Gasteiger partial charge in [0.1, 0.15) is 6.04 Å². The summed E-state index contributed by atoms with van der Waals surface area (Å²) >= 11 is 0. The number of hydrogen-bond acceptors (Lipinski definition) is 3. The van der Waals surface area contributed by atoms with Crippen LogP contribution in [0.2, 0.25) is 0 Å². The minimum Gasteiger partial charge on any atom is -0.351 e. The van der Waals surface area contributed by atoms with Gasteiger partial charge in [0, 0.05) is 17.8 Å². The fraction of sp³-hybridized carbons (Fsp3) is 0.222. The maximum Gasteiger partial charge on any atom is 0.144 e. The topological polar surface area (TPSA) is 50.8 Å². The number of hydrogen-bond donors (Lipinski definition) is 0. The molecule has 102 valence electrons. The Labute approximate surface area is 124 Å². The fourth-order valence-electron chi connectivity index (χ4n) is 3.01. The van der Waals surface area contributed by atoms with Gasteiger partial charge >= 0.3 is 0 Å². The maximum atomic E-state index is 9.68. The molecule has 0 radical (unpaired) electrons. The normalized spacial score (nSPS) is 14.1. The molecule has 0 fully saturated rings. The Balaban J connectivity index is 2.08. The van der Waals surface area contributed by atoms with E-state index in [-0.39, 0.29) is 0 Å². The number of nitrogens with zero attached hydrogens (tertiary/aromatic N) is 3.